The van der Waals surface area contributed by atoms with Crippen molar-refractivity contribution >= 4 is 11.0 Å². The number of benzene rings is 2. The van der Waals surface area contributed by atoms with Crippen LogP contribution in [0, 0.1) is 5.82 Å². The predicted molar refractivity (Wildman–Crippen MR) is 83.7 cm³/mol. The minimum Gasteiger partial charge on any atom is -0.488 e. The van der Waals surface area contributed by atoms with Gasteiger partial charge in [-0.2, -0.15) is 13.2 Å². The number of nitrogens with one attached hydrogen (secondary N) is 1. The number of aromatic amines is 1. The summed E-state index contributed by atoms with van der Waals surface area (Å²) < 4.78 is 59.5. The van der Waals surface area contributed by atoms with E-state index in [1.165, 1.54) is 18.5 Å². The Balaban J connectivity index is 1.99. The second-order valence-electron chi connectivity index (χ2n) is 5.94. The Labute approximate surface area is 139 Å². The minimum atomic E-state index is -4.54. The van der Waals surface area contributed by atoms with Crippen LogP contribution in [-0.2, 0) is 12.6 Å². The number of hydrogen-bond donors (Lipinski definition) is 2. The van der Waals surface area contributed by atoms with Crippen LogP contribution in [0.4, 0.5) is 17.6 Å². The van der Waals surface area contributed by atoms with Gasteiger partial charge in [0.25, 0.3) is 0 Å². The summed E-state index contributed by atoms with van der Waals surface area (Å²) in [5.41, 5.74) is 6.31. The van der Waals surface area contributed by atoms with Crippen molar-refractivity contribution in [2.24, 2.45) is 5.73 Å². The summed E-state index contributed by atoms with van der Waals surface area (Å²) in [7, 11) is 0. The first-order valence-corrected chi connectivity index (χ1v) is 7.60. The molecule has 0 saturated heterocycles. The van der Waals surface area contributed by atoms with Crippen LogP contribution in [0.1, 0.15) is 11.1 Å². The summed E-state index contributed by atoms with van der Waals surface area (Å²) in [4.78, 5) is 6.77. The number of nitrogens with two attached hydrogens (primary N) is 1. The lowest BCUT2D eigenvalue weighted by Crippen LogP contribution is -2.24. The smallest absolute Gasteiger partial charge is 0.416 e. The highest BCUT2D eigenvalue weighted by atomic mass is 19.4. The Morgan fingerprint density at radius 2 is 2.00 bits per heavy atom. The van der Waals surface area contributed by atoms with E-state index in [1.807, 2.05) is 0 Å². The van der Waals surface area contributed by atoms with Gasteiger partial charge in [0.1, 0.15) is 17.7 Å². The Morgan fingerprint density at radius 3 is 2.72 bits per heavy atom. The molecule has 130 valence electrons. The monoisotopic (exact) mass is 351 g/mol. The predicted octanol–water partition coefficient (Wildman–Crippen LogP) is 3.65. The van der Waals surface area contributed by atoms with Crippen LogP contribution in [0.2, 0.25) is 0 Å². The molecule has 0 radical (unpaired) electrons. The molecule has 0 amide bonds. The van der Waals surface area contributed by atoms with Crippen LogP contribution >= 0.6 is 0 Å². The maximum absolute atomic E-state index is 14.1. The van der Waals surface area contributed by atoms with Gasteiger partial charge < -0.3 is 15.5 Å². The number of H-pyrrole nitrogens is 1. The number of ether oxygens (including phenoxy) is 1. The third-order valence-corrected chi connectivity index (χ3v) is 4.27. The molecule has 1 aromatic heterocycles. The molecule has 0 aliphatic carbocycles. The average Bonchev–Trinajstić information content (AvgIpc) is 3.18. The molecular weight excluding hydrogens is 338 g/mol. The van der Waals surface area contributed by atoms with Crippen molar-refractivity contribution in [3.05, 3.63) is 47.5 Å². The molecule has 0 spiro atoms. The van der Waals surface area contributed by atoms with Crippen LogP contribution < -0.4 is 10.5 Å². The molecule has 3 aromatic rings. The minimum absolute atomic E-state index is 0.166. The van der Waals surface area contributed by atoms with Crippen molar-refractivity contribution in [2.45, 2.75) is 18.7 Å². The van der Waals surface area contributed by atoms with Gasteiger partial charge in [0.2, 0.25) is 0 Å². The SMILES string of the molecule is NC[C@H]1Cc2cc(F)cc(-c3cc(C(F)(F)F)cc4[nH]cnc34)c2O1. The van der Waals surface area contributed by atoms with E-state index in [0.29, 0.717) is 23.3 Å². The van der Waals surface area contributed by atoms with Crippen LogP contribution in [0.3, 0.4) is 0 Å². The van der Waals surface area contributed by atoms with E-state index in [4.69, 9.17) is 10.5 Å². The maximum atomic E-state index is 14.1. The van der Waals surface area contributed by atoms with E-state index in [9.17, 15) is 17.6 Å². The highest BCUT2D eigenvalue weighted by molar-refractivity contribution is 5.94. The van der Waals surface area contributed by atoms with Gasteiger partial charge in [0.15, 0.2) is 0 Å². The molecule has 1 aliphatic rings. The van der Waals surface area contributed by atoms with Gasteiger partial charge in [-0.15, -0.1) is 0 Å². The number of aromatic nitrogens is 2. The molecule has 4 rings (SSSR count). The molecule has 4 nitrogen and oxygen atoms in total. The van der Waals surface area contributed by atoms with Crippen molar-refractivity contribution in [3.8, 4) is 16.9 Å². The number of imidazole rings is 1. The maximum Gasteiger partial charge on any atom is 0.416 e. The standard InChI is InChI=1S/C17H13F4N3O/c18-10-1-8-2-11(6-22)25-16(8)13(5-10)12-3-9(17(19,20)21)4-14-15(12)24-7-23-14/h1,3-5,7,11H,2,6,22H2,(H,23,24)/t11-/m1/s1. The number of hydrogen-bond acceptors (Lipinski definition) is 3. The van der Waals surface area contributed by atoms with Gasteiger partial charge in [-0.1, -0.05) is 0 Å². The number of rotatable bonds is 2. The van der Waals surface area contributed by atoms with Crippen LogP contribution in [0.5, 0.6) is 5.75 Å². The lowest BCUT2D eigenvalue weighted by atomic mass is 9.97. The van der Waals surface area contributed by atoms with Crippen LogP contribution in [0.25, 0.3) is 22.2 Å². The first kappa shape index (κ1) is 15.9. The molecular formula is C17H13F4N3O. The summed E-state index contributed by atoms with van der Waals surface area (Å²) in [5.74, 6) is -0.184. The van der Waals surface area contributed by atoms with Crippen LogP contribution in [-0.4, -0.2) is 22.6 Å². The molecule has 3 N–H and O–H groups in total. The Morgan fingerprint density at radius 1 is 1.20 bits per heavy atom. The van der Waals surface area contributed by atoms with E-state index in [0.717, 1.165) is 12.1 Å². The van der Waals surface area contributed by atoms with E-state index in [-0.39, 0.29) is 29.3 Å². The summed E-state index contributed by atoms with van der Waals surface area (Å²) in [6, 6.07) is 4.44. The molecule has 25 heavy (non-hydrogen) atoms. The van der Waals surface area contributed by atoms with Crippen molar-refractivity contribution in [1.82, 2.24) is 9.97 Å². The zero-order chi connectivity index (χ0) is 17.8. The largest absolute Gasteiger partial charge is 0.488 e. The first-order chi connectivity index (χ1) is 11.9. The fourth-order valence-electron chi connectivity index (χ4n) is 3.14. The Kier molecular flexibility index (Phi) is 3.47. The van der Waals surface area contributed by atoms with Gasteiger partial charge in [0.05, 0.1) is 22.9 Å². The summed E-state index contributed by atoms with van der Waals surface area (Å²) in [6.07, 6.45) is -3.14. The van der Waals surface area contributed by atoms with E-state index in [2.05, 4.69) is 9.97 Å². The second kappa shape index (κ2) is 5.45. The molecule has 1 atom stereocenters. The van der Waals surface area contributed by atoms with Gasteiger partial charge >= 0.3 is 6.18 Å². The fourth-order valence-corrected chi connectivity index (χ4v) is 3.14. The quantitative estimate of drug-likeness (QED) is 0.693. The Bertz CT molecular complexity index is 964. The zero-order valence-corrected chi connectivity index (χ0v) is 12.8. The van der Waals surface area contributed by atoms with Gasteiger partial charge in [-0.05, 0) is 24.3 Å². The molecule has 2 heterocycles. The van der Waals surface area contributed by atoms with Crippen molar-refractivity contribution in [1.29, 1.82) is 0 Å². The molecule has 0 bridgehead atoms. The summed E-state index contributed by atoms with van der Waals surface area (Å²) >= 11 is 0. The highest BCUT2D eigenvalue weighted by Crippen LogP contribution is 2.43. The van der Waals surface area contributed by atoms with Gasteiger partial charge in [-0.3, -0.25) is 0 Å². The third-order valence-electron chi connectivity index (χ3n) is 4.27. The molecule has 0 saturated carbocycles. The zero-order valence-electron chi connectivity index (χ0n) is 12.8. The molecule has 8 heteroatoms. The molecule has 2 aromatic carbocycles. The van der Waals surface area contributed by atoms with Crippen molar-refractivity contribution in [3.63, 3.8) is 0 Å². The van der Waals surface area contributed by atoms with Crippen molar-refractivity contribution < 1.29 is 22.3 Å². The lowest BCUT2D eigenvalue weighted by Gasteiger charge is -2.14. The number of halogens is 4. The highest BCUT2D eigenvalue weighted by Gasteiger charge is 2.33. The lowest BCUT2D eigenvalue weighted by molar-refractivity contribution is -0.137. The normalized spacial score (nSPS) is 16.9. The number of fused-ring (bicyclic) bond motifs is 2. The molecule has 0 unspecified atom stereocenters. The van der Waals surface area contributed by atoms with Gasteiger partial charge in [0, 0.05) is 29.7 Å². The topological polar surface area (TPSA) is 63.9 Å². The molecule has 0 fully saturated rings. The van der Waals surface area contributed by atoms with Crippen molar-refractivity contribution in [2.75, 3.05) is 6.54 Å². The van der Waals surface area contributed by atoms with Gasteiger partial charge in [-0.25, -0.2) is 9.37 Å². The van der Waals surface area contributed by atoms with E-state index >= 15 is 0 Å². The number of nitrogens with zero attached hydrogens (tertiary/aromatic N) is 1. The fraction of sp³-hybridized carbons (Fsp3) is 0.235. The van der Waals surface area contributed by atoms with E-state index in [1.54, 1.807) is 0 Å². The van der Waals surface area contributed by atoms with Crippen LogP contribution in [0.15, 0.2) is 30.6 Å². The summed E-state index contributed by atoms with van der Waals surface area (Å²) in [5, 5.41) is 0. The van der Waals surface area contributed by atoms with E-state index < -0.39 is 17.6 Å². The third kappa shape index (κ3) is 2.62. The Hall–Kier alpha value is -2.61. The number of alkyl halides is 3. The summed E-state index contributed by atoms with van der Waals surface area (Å²) in [6.45, 7) is 0.232. The molecule has 1 aliphatic heterocycles. The first-order valence-electron chi connectivity index (χ1n) is 7.60. The second-order valence-corrected chi connectivity index (χ2v) is 5.94. The average molecular weight is 351 g/mol.